The van der Waals surface area contributed by atoms with Crippen LogP contribution in [0.4, 0.5) is 14.5 Å². The molecule has 0 fully saturated rings. The third-order valence-corrected chi connectivity index (χ3v) is 2.10. The van der Waals surface area contributed by atoms with Gasteiger partial charge in [-0.2, -0.15) is 0 Å². The van der Waals surface area contributed by atoms with Gasteiger partial charge < -0.3 is 5.73 Å². The second-order valence-electron chi connectivity index (χ2n) is 3.48. The van der Waals surface area contributed by atoms with Crippen LogP contribution in [0.1, 0.15) is 5.56 Å². The average Bonchev–Trinajstić information content (AvgIpc) is 1.98. The Morgan fingerprint density at radius 3 is 2.60 bits per heavy atom. The average molecular weight is 235 g/mol. The highest BCUT2D eigenvalue weighted by Gasteiger charge is 2.08. The van der Waals surface area contributed by atoms with Crippen molar-refractivity contribution in [2.24, 2.45) is 0 Å². The van der Waals surface area contributed by atoms with Crippen molar-refractivity contribution in [3.8, 4) is 0 Å². The summed E-state index contributed by atoms with van der Waals surface area (Å²) in [5.74, 6) is 0. The lowest BCUT2D eigenvalue weighted by atomic mass is 10.2. The lowest BCUT2D eigenvalue weighted by Crippen LogP contribution is -2.24. The number of anilines is 1. The molecule has 0 atom stereocenters. The lowest BCUT2D eigenvalue weighted by Gasteiger charge is -2.16. The third kappa shape index (κ3) is 4.44. The summed E-state index contributed by atoms with van der Waals surface area (Å²) in [7, 11) is 1.63. The van der Waals surface area contributed by atoms with Crippen molar-refractivity contribution in [2.45, 2.75) is 13.0 Å². The van der Waals surface area contributed by atoms with Crippen molar-refractivity contribution in [3.63, 3.8) is 0 Å². The van der Waals surface area contributed by atoms with Gasteiger partial charge in [0.25, 0.3) is 6.43 Å². The second-order valence-corrected chi connectivity index (χ2v) is 3.92. The van der Waals surface area contributed by atoms with E-state index in [4.69, 9.17) is 17.3 Å². The zero-order valence-electron chi connectivity index (χ0n) is 8.38. The van der Waals surface area contributed by atoms with Crippen LogP contribution >= 0.6 is 11.6 Å². The van der Waals surface area contributed by atoms with Gasteiger partial charge in [-0.3, -0.25) is 4.90 Å². The number of hydrogen-bond donors (Lipinski definition) is 1. The van der Waals surface area contributed by atoms with E-state index in [2.05, 4.69) is 0 Å². The van der Waals surface area contributed by atoms with Crippen LogP contribution in [0.25, 0.3) is 0 Å². The first-order valence-corrected chi connectivity index (χ1v) is 4.87. The molecule has 0 radical (unpaired) electrons. The molecule has 2 N–H and O–H groups in total. The van der Waals surface area contributed by atoms with Crippen LogP contribution in [0.15, 0.2) is 18.2 Å². The summed E-state index contributed by atoms with van der Waals surface area (Å²) in [4.78, 5) is 1.52. The number of rotatable bonds is 4. The normalized spacial score (nSPS) is 11.3. The third-order valence-electron chi connectivity index (χ3n) is 1.88. The van der Waals surface area contributed by atoms with Gasteiger partial charge in [-0.25, -0.2) is 8.78 Å². The van der Waals surface area contributed by atoms with Crippen molar-refractivity contribution >= 4 is 17.3 Å². The van der Waals surface area contributed by atoms with Crippen molar-refractivity contribution in [2.75, 3.05) is 19.3 Å². The largest absolute Gasteiger partial charge is 0.399 e. The Labute approximate surface area is 92.6 Å². The predicted molar refractivity (Wildman–Crippen MR) is 58.2 cm³/mol. The zero-order valence-corrected chi connectivity index (χ0v) is 9.14. The number of nitrogen functional groups attached to an aromatic ring is 1. The molecule has 84 valence electrons. The fourth-order valence-corrected chi connectivity index (χ4v) is 1.64. The molecular weight excluding hydrogens is 222 g/mol. The van der Waals surface area contributed by atoms with E-state index in [-0.39, 0.29) is 6.54 Å². The maximum Gasteiger partial charge on any atom is 0.251 e. The Morgan fingerprint density at radius 2 is 2.07 bits per heavy atom. The zero-order chi connectivity index (χ0) is 11.4. The van der Waals surface area contributed by atoms with Gasteiger partial charge in [0.15, 0.2) is 0 Å². The molecule has 0 spiro atoms. The van der Waals surface area contributed by atoms with Crippen LogP contribution in [0, 0.1) is 0 Å². The highest BCUT2D eigenvalue weighted by Crippen LogP contribution is 2.17. The van der Waals surface area contributed by atoms with Crippen molar-refractivity contribution in [3.05, 3.63) is 28.8 Å². The molecule has 1 aromatic rings. The molecule has 0 bridgehead atoms. The first-order chi connectivity index (χ1) is 6.97. The van der Waals surface area contributed by atoms with Crippen molar-refractivity contribution in [1.29, 1.82) is 0 Å². The Balaban J connectivity index is 2.63. The van der Waals surface area contributed by atoms with Crippen LogP contribution in [-0.2, 0) is 6.54 Å². The van der Waals surface area contributed by atoms with Crippen LogP contribution in [-0.4, -0.2) is 24.9 Å². The van der Waals surface area contributed by atoms with Gasteiger partial charge in [-0.15, -0.1) is 0 Å². The van der Waals surface area contributed by atoms with Gasteiger partial charge in [-0.1, -0.05) is 11.6 Å². The topological polar surface area (TPSA) is 29.3 Å². The molecule has 5 heteroatoms. The number of nitrogens with two attached hydrogens (primary N) is 1. The van der Waals surface area contributed by atoms with E-state index in [0.717, 1.165) is 5.56 Å². The van der Waals surface area contributed by atoms with Gasteiger partial charge in [0.2, 0.25) is 0 Å². The monoisotopic (exact) mass is 234 g/mol. The Hall–Kier alpha value is -0.870. The first-order valence-electron chi connectivity index (χ1n) is 4.49. The summed E-state index contributed by atoms with van der Waals surface area (Å²) in [6.45, 7) is 0.154. The van der Waals surface area contributed by atoms with Crippen LogP contribution in [0.3, 0.4) is 0 Å². The van der Waals surface area contributed by atoms with E-state index in [9.17, 15) is 8.78 Å². The number of halogens is 3. The minimum absolute atomic E-state index is 0.258. The SMILES string of the molecule is CN(Cc1cc(N)cc(Cl)c1)CC(F)F. The standard InChI is InChI=1S/C10H13ClF2N2/c1-15(6-10(12)13)5-7-2-8(11)4-9(14)3-7/h2-4,10H,5-6,14H2,1H3. The number of nitrogens with zero attached hydrogens (tertiary/aromatic N) is 1. The van der Waals surface area contributed by atoms with E-state index < -0.39 is 6.43 Å². The number of alkyl halides is 2. The summed E-state index contributed by atoms with van der Waals surface area (Å²) in [6.07, 6.45) is -2.33. The van der Waals surface area contributed by atoms with Crippen molar-refractivity contribution in [1.82, 2.24) is 4.90 Å². The fourth-order valence-electron chi connectivity index (χ4n) is 1.38. The minimum Gasteiger partial charge on any atom is -0.399 e. The quantitative estimate of drug-likeness (QED) is 0.812. The minimum atomic E-state index is -2.33. The van der Waals surface area contributed by atoms with E-state index in [1.807, 2.05) is 0 Å². The van der Waals surface area contributed by atoms with E-state index >= 15 is 0 Å². The van der Waals surface area contributed by atoms with Gasteiger partial charge in [0, 0.05) is 17.3 Å². The molecule has 0 saturated carbocycles. The molecule has 0 aromatic heterocycles. The lowest BCUT2D eigenvalue weighted by molar-refractivity contribution is 0.0976. The van der Waals surface area contributed by atoms with Crippen LogP contribution < -0.4 is 5.73 Å². The number of hydrogen-bond acceptors (Lipinski definition) is 2. The molecule has 1 rings (SSSR count). The van der Waals surface area contributed by atoms with Gasteiger partial charge in [-0.05, 0) is 30.8 Å². The second kappa shape index (κ2) is 5.28. The summed E-state index contributed by atoms with van der Waals surface area (Å²) in [6, 6.07) is 5.08. The Morgan fingerprint density at radius 1 is 1.40 bits per heavy atom. The molecule has 0 aliphatic heterocycles. The van der Waals surface area contributed by atoms with E-state index in [1.165, 1.54) is 4.90 Å². The van der Waals surface area contributed by atoms with Crippen LogP contribution in [0.2, 0.25) is 5.02 Å². The summed E-state index contributed by atoms with van der Waals surface area (Å²) in [5.41, 5.74) is 6.97. The summed E-state index contributed by atoms with van der Waals surface area (Å²) < 4.78 is 24.1. The molecule has 0 unspecified atom stereocenters. The summed E-state index contributed by atoms with van der Waals surface area (Å²) >= 11 is 5.79. The Kier molecular flexibility index (Phi) is 4.29. The fraction of sp³-hybridized carbons (Fsp3) is 0.400. The smallest absolute Gasteiger partial charge is 0.251 e. The molecule has 0 amide bonds. The first kappa shape index (κ1) is 12.2. The van der Waals surface area contributed by atoms with Crippen molar-refractivity contribution < 1.29 is 8.78 Å². The molecule has 0 heterocycles. The molecule has 0 aliphatic carbocycles. The van der Waals surface area contributed by atoms with E-state index in [1.54, 1.807) is 25.2 Å². The molecular formula is C10H13ClF2N2. The van der Waals surface area contributed by atoms with Gasteiger partial charge in [0.05, 0.1) is 6.54 Å². The molecule has 0 aliphatic rings. The Bertz CT molecular complexity index is 311. The van der Waals surface area contributed by atoms with Gasteiger partial charge in [0.1, 0.15) is 0 Å². The predicted octanol–water partition coefficient (Wildman–Crippen LogP) is 2.62. The van der Waals surface area contributed by atoms with Crippen LogP contribution in [0.5, 0.6) is 0 Å². The maximum absolute atomic E-state index is 12.1. The molecule has 0 saturated heterocycles. The highest BCUT2D eigenvalue weighted by atomic mass is 35.5. The van der Waals surface area contributed by atoms with Gasteiger partial charge >= 0.3 is 0 Å². The van der Waals surface area contributed by atoms with E-state index in [0.29, 0.717) is 17.3 Å². The molecule has 1 aromatic carbocycles. The highest BCUT2D eigenvalue weighted by molar-refractivity contribution is 6.30. The summed E-state index contributed by atoms with van der Waals surface area (Å²) in [5, 5.41) is 0.524. The molecule has 2 nitrogen and oxygen atoms in total. The number of benzene rings is 1. The maximum atomic E-state index is 12.1. The molecule has 15 heavy (non-hydrogen) atoms.